The molecule has 0 fully saturated rings. The van der Waals surface area contributed by atoms with Gasteiger partial charge in [0.1, 0.15) is 5.60 Å². The fourth-order valence-electron chi connectivity index (χ4n) is 3.01. The molecule has 0 aliphatic carbocycles. The maximum absolute atomic E-state index is 11.8. The summed E-state index contributed by atoms with van der Waals surface area (Å²) >= 11 is 0. The van der Waals surface area contributed by atoms with Crippen LogP contribution in [-0.4, -0.2) is 63.3 Å². The zero-order valence-corrected chi connectivity index (χ0v) is 20.4. The van der Waals surface area contributed by atoms with Crippen molar-refractivity contribution >= 4 is 17.7 Å². The van der Waals surface area contributed by atoms with E-state index in [-0.39, 0.29) is 0 Å². The van der Waals surface area contributed by atoms with Crippen molar-refractivity contribution in [1.29, 1.82) is 0 Å². The van der Waals surface area contributed by atoms with Crippen LogP contribution in [0, 0.1) is 0 Å². The van der Waals surface area contributed by atoms with Crippen LogP contribution in [0.15, 0.2) is 29.3 Å². The molecule has 0 aromatic heterocycles. The number of nitrogens with zero attached hydrogens (tertiary/aromatic N) is 2. The summed E-state index contributed by atoms with van der Waals surface area (Å²) in [7, 11) is 6.05. The van der Waals surface area contributed by atoms with E-state index in [1.165, 1.54) is 37.8 Å². The van der Waals surface area contributed by atoms with E-state index in [4.69, 9.17) is 4.74 Å². The first-order valence-corrected chi connectivity index (χ1v) is 11.4. The van der Waals surface area contributed by atoms with Gasteiger partial charge in [0.2, 0.25) is 0 Å². The summed E-state index contributed by atoms with van der Waals surface area (Å²) in [6, 6.07) is 7.82. The van der Waals surface area contributed by atoms with E-state index >= 15 is 0 Å². The van der Waals surface area contributed by atoms with Crippen molar-refractivity contribution in [2.45, 2.75) is 64.9 Å². The summed E-state index contributed by atoms with van der Waals surface area (Å²) in [6.45, 7) is 8.45. The van der Waals surface area contributed by atoms with E-state index in [2.05, 4.69) is 39.9 Å². The van der Waals surface area contributed by atoms with Gasteiger partial charge in [0.25, 0.3) is 0 Å². The maximum atomic E-state index is 11.8. The van der Waals surface area contributed by atoms with Crippen LogP contribution >= 0.6 is 0 Å². The zero-order chi connectivity index (χ0) is 23.1. The van der Waals surface area contributed by atoms with E-state index in [0.717, 1.165) is 37.6 Å². The van der Waals surface area contributed by atoms with Crippen molar-refractivity contribution in [3.8, 4) is 0 Å². The Balaban J connectivity index is 2.19. The van der Waals surface area contributed by atoms with Gasteiger partial charge in [-0.05, 0) is 78.4 Å². The number of benzene rings is 1. The second kappa shape index (κ2) is 14.7. The highest BCUT2D eigenvalue weighted by Crippen LogP contribution is 2.13. The average Bonchev–Trinajstić information content (AvgIpc) is 2.68. The standard InChI is InChI=1S/C24H43N5O2/c1-24(2,3)31-23(30)28-21-14-12-20(13-15-21)16-18-27-22(25-4)26-17-10-8-7-9-11-19-29(5)6/h12-15H,7-11,16-19H2,1-6H3,(H,28,30)(H2,25,26,27). The van der Waals surface area contributed by atoms with Gasteiger partial charge in [0.15, 0.2) is 5.96 Å². The van der Waals surface area contributed by atoms with Crippen LogP contribution in [0.2, 0.25) is 0 Å². The van der Waals surface area contributed by atoms with Crippen molar-refractivity contribution in [1.82, 2.24) is 15.5 Å². The zero-order valence-electron chi connectivity index (χ0n) is 20.4. The predicted molar refractivity (Wildman–Crippen MR) is 131 cm³/mol. The van der Waals surface area contributed by atoms with Crippen LogP contribution in [0.1, 0.15) is 58.4 Å². The lowest BCUT2D eigenvalue weighted by Gasteiger charge is -2.19. The summed E-state index contributed by atoms with van der Waals surface area (Å²) < 4.78 is 5.27. The van der Waals surface area contributed by atoms with E-state index in [0.29, 0.717) is 0 Å². The first kappa shape index (κ1) is 26.8. The minimum Gasteiger partial charge on any atom is -0.444 e. The Kier molecular flexibility index (Phi) is 12.7. The van der Waals surface area contributed by atoms with Gasteiger partial charge in [-0.15, -0.1) is 0 Å². The van der Waals surface area contributed by atoms with Crippen molar-refractivity contribution in [3.05, 3.63) is 29.8 Å². The lowest BCUT2D eigenvalue weighted by Crippen LogP contribution is -2.38. The number of amides is 1. The second-order valence-corrected chi connectivity index (χ2v) is 9.07. The number of hydrogen-bond acceptors (Lipinski definition) is 4. The summed E-state index contributed by atoms with van der Waals surface area (Å²) in [6.07, 6.45) is 6.72. The number of ether oxygens (including phenoxy) is 1. The number of rotatable bonds is 12. The second-order valence-electron chi connectivity index (χ2n) is 9.07. The molecule has 0 saturated carbocycles. The number of aliphatic imine (C=N–C) groups is 1. The number of nitrogens with one attached hydrogen (secondary N) is 3. The van der Waals surface area contributed by atoms with Crippen LogP contribution in [-0.2, 0) is 11.2 Å². The Labute approximate surface area is 189 Å². The normalized spacial score (nSPS) is 12.0. The first-order chi connectivity index (χ1) is 14.7. The molecular weight excluding hydrogens is 390 g/mol. The third kappa shape index (κ3) is 14.4. The molecular formula is C24H43N5O2. The number of anilines is 1. The first-order valence-electron chi connectivity index (χ1n) is 11.4. The minimum absolute atomic E-state index is 0.439. The Morgan fingerprint density at radius 2 is 1.58 bits per heavy atom. The van der Waals surface area contributed by atoms with Crippen LogP contribution in [0.5, 0.6) is 0 Å². The average molecular weight is 434 g/mol. The Morgan fingerprint density at radius 1 is 0.968 bits per heavy atom. The smallest absolute Gasteiger partial charge is 0.412 e. The minimum atomic E-state index is -0.506. The third-order valence-electron chi connectivity index (χ3n) is 4.60. The highest BCUT2D eigenvalue weighted by atomic mass is 16.6. The molecule has 1 amide bonds. The molecule has 31 heavy (non-hydrogen) atoms. The largest absolute Gasteiger partial charge is 0.444 e. The van der Waals surface area contributed by atoms with Gasteiger partial charge < -0.3 is 20.3 Å². The predicted octanol–water partition coefficient (Wildman–Crippen LogP) is 4.25. The van der Waals surface area contributed by atoms with Crippen molar-refractivity contribution in [3.63, 3.8) is 0 Å². The van der Waals surface area contributed by atoms with E-state index in [9.17, 15) is 4.79 Å². The molecule has 0 spiro atoms. The molecule has 0 heterocycles. The monoisotopic (exact) mass is 433 g/mol. The Hall–Kier alpha value is -2.28. The number of unbranched alkanes of at least 4 members (excludes halogenated alkanes) is 4. The highest BCUT2D eigenvalue weighted by Gasteiger charge is 2.16. The molecule has 0 atom stereocenters. The summed E-state index contributed by atoms with van der Waals surface area (Å²) in [5, 5.41) is 9.49. The molecule has 7 nitrogen and oxygen atoms in total. The molecule has 1 aromatic carbocycles. The maximum Gasteiger partial charge on any atom is 0.412 e. The summed E-state index contributed by atoms with van der Waals surface area (Å²) in [4.78, 5) is 18.4. The molecule has 0 bridgehead atoms. The molecule has 0 aliphatic rings. The molecule has 1 aromatic rings. The quantitative estimate of drug-likeness (QED) is 0.261. The van der Waals surface area contributed by atoms with Crippen molar-refractivity contribution in [2.75, 3.05) is 46.1 Å². The topological polar surface area (TPSA) is 78.0 Å². The van der Waals surface area contributed by atoms with Crippen LogP contribution in [0.4, 0.5) is 10.5 Å². The van der Waals surface area contributed by atoms with Gasteiger partial charge in [0.05, 0.1) is 0 Å². The van der Waals surface area contributed by atoms with E-state index in [1.54, 1.807) is 7.05 Å². The third-order valence-corrected chi connectivity index (χ3v) is 4.60. The van der Waals surface area contributed by atoms with Crippen LogP contribution < -0.4 is 16.0 Å². The molecule has 1 rings (SSSR count). The number of carbonyl (C=O) groups is 1. The number of hydrogen-bond donors (Lipinski definition) is 3. The van der Waals surface area contributed by atoms with E-state index < -0.39 is 11.7 Å². The SMILES string of the molecule is CN=C(NCCCCCCCN(C)C)NCCc1ccc(NC(=O)OC(C)(C)C)cc1. The molecule has 0 saturated heterocycles. The van der Waals surface area contributed by atoms with E-state index in [1.807, 2.05) is 45.0 Å². The molecule has 176 valence electrons. The fraction of sp³-hybridized carbons (Fsp3) is 0.667. The van der Waals surface area contributed by atoms with Crippen LogP contribution in [0.3, 0.4) is 0 Å². The number of guanidine groups is 1. The van der Waals surface area contributed by atoms with Gasteiger partial charge in [0, 0.05) is 25.8 Å². The van der Waals surface area contributed by atoms with Gasteiger partial charge in [-0.25, -0.2) is 4.79 Å². The van der Waals surface area contributed by atoms with Gasteiger partial charge in [-0.2, -0.15) is 0 Å². The summed E-state index contributed by atoms with van der Waals surface area (Å²) in [5.41, 5.74) is 1.41. The van der Waals surface area contributed by atoms with Gasteiger partial charge in [-0.1, -0.05) is 31.4 Å². The summed E-state index contributed by atoms with van der Waals surface area (Å²) in [5.74, 6) is 0.843. The Morgan fingerprint density at radius 3 is 2.19 bits per heavy atom. The molecule has 3 N–H and O–H groups in total. The lowest BCUT2D eigenvalue weighted by atomic mass is 10.1. The van der Waals surface area contributed by atoms with Gasteiger partial charge in [-0.3, -0.25) is 10.3 Å². The van der Waals surface area contributed by atoms with Crippen LogP contribution in [0.25, 0.3) is 0 Å². The van der Waals surface area contributed by atoms with Gasteiger partial charge >= 0.3 is 6.09 Å². The molecule has 7 heteroatoms. The fourth-order valence-corrected chi connectivity index (χ4v) is 3.01. The Bertz CT molecular complexity index is 651. The molecule has 0 unspecified atom stereocenters. The lowest BCUT2D eigenvalue weighted by molar-refractivity contribution is 0.0636. The number of carbonyl (C=O) groups excluding carboxylic acids is 1. The van der Waals surface area contributed by atoms with Crippen molar-refractivity contribution in [2.24, 2.45) is 4.99 Å². The highest BCUT2D eigenvalue weighted by molar-refractivity contribution is 5.84. The molecule has 0 aliphatic heterocycles. The van der Waals surface area contributed by atoms with Crippen molar-refractivity contribution < 1.29 is 9.53 Å². The molecule has 0 radical (unpaired) electrons.